The molecule has 1 aliphatic rings. The molecule has 1 fully saturated rings. The van der Waals surface area contributed by atoms with Crippen LogP contribution in [0.2, 0.25) is 0 Å². The van der Waals surface area contributed by atoms with Crippen molar-refractivity contribution in [1.82, 2.24) is 9.47 Å². The molecule has 1 heterocycles. The van der Waals surface area contributed by atoms with E-state index < -0.39 is 12.0 Å². The van der Waals surface area contributed by atoms with Gasteiger partial charge < -0.3 is 14.2 Å². The molecule has 1 amide bonds. The highest BCUT2D eigenvalue weighted by Crippen LogP contribution is 2.33. The highest BCUT2D eigenvalue weighted by molar-refractivity contribution is 6.07. The van der Waals surface area contributed by atoms with Crippen LogP contribution in [-0.2, 0) is 11.3 Å². The third-order valence-corrected chi connectivity index (χ3v) is 5.79. The van der Waals surface area contributed by atoms with E-state index in [0.717, 1.165) is 18.5 Å². The van der Waals surface area contributed by atoms with Crippen molar-refractivity contribution in [1.29, 1.82) is 0 Å². The molecule has 3 rings (SSSR count). The molecule has 0 radical (unpaired) electrons. The van der Waals surface area contributed by atoms with Crippen LogP contribution in [0.5, 0.6) is 0 Å². The zero-order chi connectivity index (χ0) is 22.0. The van der Waals surface area contributed by atoms with Crippen molar-refractivity contribution >= 4 is 17.7 Å². The van der Waals surface area contributed by atoms with Crippen LogP contribution < -0.4 is 0 Å². The Labute approximate surface area is 177 Å². The Morgan fingerprint density at radius 2 is 1.77 bits per heavy atom. The summed E-state index contributed by atoms with van der Waals surface area (Å²) < 4.78 is 7.04. The lowest BCUT2D eigenvalue weighted by Crippen LogP contribution is -2.45. The van der Waals surface area contributed by atoms with Crippen molar-refractivity contribution in [3.63, 3.8) is 0 Å². The number of esters is 1. The Bertz CT molecular complexity index is 957. The quantitative estimate of drug-likeness (QED) is 0.484. The van der Waals surface area contributed by atoms with E-state index in [1.165, 1.54) is 0 Å². The van der Waals surface area contributed by atoms with Gasteiger partial charge in [-0.15, -0.1) is 0 Å². The number of hydrogen-bond donors (Lipinski definition) is 0. The van der Waals surface area contributed by atoms with Crippen molar-refractivity contribution in [2.24, 2.45) is 0 Å². The minimum Gasteiger partial charge on any atom is -0.461 e. The number of amides is 1. The normalized spacial score (nSPS) is 14.3. The summed E-state index contributed by atoms with van der Waals surface area (Å²) in [6.07, 6.45) is 1.80. The van der Waals surface area contributed by atoms with Crippen molar-refractivity contribution in [3.8, 4) is 0 Å². The smallest absolute Gasteiger partial charge is 0.355 e. The number of nitrogens with zero attached hydrogens (tertiary/aromatic N) is 2. The van der Waals surface area contributed by atoms with Crippen molar-refractivity contribution < 1.29 is 19.1 Å². The van der Waals surface area contributed by atoms with Crippen LogP contribution in [0, 0.1) is 13.8 Å². The van der Waals surface area contributed by atoms with E-state index in [0.29, 0.717) is 28.9 Å². The lowest BCUT2D eigenvalue weighted by molar-refractivity contribution is 0.0512. The molecule has 1 saturated carbocycles. The first-order valence-corrected chi connectivity index (χ1v) is 10.6. The van der Waals surface area contributed by atoms with Gasteiger partial charge in [0.25, 0.3) is 5.91 Å². The molecule has 0 aliphatic heterocycles. The lowest BCUT2D eigenvalue weighted by Gasteiger charge is -2.29. The topological polar surface area (TPSA) is 68.6 Å². The molecule has 6 nitrogen and oxygen atoms in total. The average molecular weight is 411 g/mol. The van der Waals surface area contributed by atoms with E-state index in [2.05, 4.69) is 0 Å². The fraction of sp³-hybridized carbons (Fsp3) is 0.458. The highest BCUT2D eigenvalue weighted by Gasteiger charge is 2.40. The van der Waals surface area contributed by atoms with Gasteiger partial charge in [0.05, 0.1) is 12.6 Å². The van der Waals surface area contributed by atoms with Gasteiger partial charge in [-0.05, 0) is 65.2 Å². The number of Topliss-reactive ketones (excluding diaryl/α,β-unsaturated/α-hetero) is 1. The van der Waals surface area contributed by atoms with E-state index >= 15 is 0 Å². The van der Waals surface area contributed by atoms with Gasteiger partial charge in [0, 0.05) is 29.4 Å². The summed E-state index contributed by atoms with van der Waals surface area (Å²) in [5, 5.41) is 0. The molecule has 0 saturated heterocycles. The van der Waals surface area contributed by atoms with Gasteiger partial charge >= 0.3 is 5.97 Å². The SMILES string of the molecule is CCOC(=O)c1c(C)c(C(=O)[C@H](C)N(C(=O)c2ccccc2)C2CC2)c(C)n1CC. The average Bonchev–Trinajstić information content (AvgIpc) is 3.53. The second-order valence-electron chi connectivity index (χ2n) is 7.75. The van der Waals surface area contributed by atoms with Gasteiger partial charge in [-0.25, -0.2) is 4.79 Å². The van der Waals surface area contributed by atoms with Crippen LogP contribution in [0.4, 0.5) is 0 Å². The molecule has 0 bridgehead atoms. The fourth-order valence-corrected chi connectivity index (χ4v) is 4.19. The van der Waals surface area contributed by atoms with Crippen LogP contribution in [0.25, 0.3) is 0 Å². The Morgan fingerprint density at radius 1 is 1.13 bits per heavy atom. The van der Waals surface area contributed by atoms with Gasteiger partial charge in [0.15, 0.2) is 5.78 Å². The summed E-state index contributed by atoms with van der Waals surface area (Å²) >= 11 is 0. The van der Waals surface area contributed by atoms with Crippen molar-refractivity contribution in [2.75, 3.05) is 6.61 Å². The van der Waals surface area contributed by atoms with E-state index in [1.54, 1.807) is 37.8 Å². The molecule has 6 heteroatoms. The number of aromatic nitrogens is 1. The minimum absolute atomic E-state index is 0.0788. The Hall–Kier alpha value is -2.89. The van der Waals surface area contributed by atoms with Gasteiger partial charge in [0.2, 0.25) is 0 Å². The van der Waals surface area contributed by atoms with Gasteiger partial charge in [0.1, 0.15) is 5.69 Å². The van der Waals surface area contributed by atoms with Gasteiger partial charge in [-0.1, -0.05) is 18.2 Å². The number of rotatable bonds is 8. The fourth-order valence-electron chi connectivity index (χ4n) is 4.19. The number of hydrogen-bond acceptors (Lipinski definition) is 4. The molecule has 0 spiro atoms. The Balaban J connectivity index is 1.99. The molecule has 0 N–H and O–H groups in total. The molecule has 160 valence electrons. The Kier molecular flexibility index (Phi) is 6.44. The van der Waals surface area contributed by atoms with E-state index in [4.69, 9.17) is 4.74 Å². The minimum atomic E-state index is -0.620. The predicted octanol–water partition coefficient (Wildman–Crippen LogP) is 4.18. The zero-order valence-electron chi connectivity index (χ0n) is 18.4. The van der Waals surface area contributed by atoms with Crippen LogP contribution in [-0.4, -0.2) is 45.8 Å². The molecule has 30 heavy (non-hydrogen) atoms. The van der Waals surface area contributed by atoms with Gasteiger partial charge in [-0.3, -0.25) is 9.59 Å². The van der Waals surface area contributed by atoms with E-state index in [1.807, 2.05) is 36.6 Å². The maximum absolute atomic E-state index is 13.6. The van der Waals surface area contributed by atoms with Crippen molar-refractivity contribution in [3.05, 3.63) is 58.4 Å². The summed E-state index contributed by atoms with van der Waals surface area (Å²) in [6.45, 7) is 9.93. The summed E-state index contributed by atoms with van der Waals surface area (Å²) in [5.41, 5.74) is 2.86. The summed E-state index contributed by atoms with van der Waals surface area (Å²) in [6, 6.07) is 8.53. The largest absolute Gasteiger partial charge is 0.461 e. The number of ketones is 1. The zero-order valence-corrected chi connectivity index (χ0v) is 18.4. The number of carbonyl (C=O) groups excluding carboxylic acids is 3. The maximum atomic E-state index is 13.6. The first kappa shape index (κ1) is 21.8. The molecular formula is C24H30N2O4. The van der Waals surface area contributed by atoms with Crippen LogP contribution in [0.1, 0.15) is 76.1 Å². The lowest BCUT2D eigenvalue weighted by atomic mass is 9.99. The molecule has 1 aliphatic carbocycles. The second kappa shape index (κ2) is 8.86. The predicted molar refractivity (Wildman–Crippen MR) is 115 cm³/mol. The van der Waals surface area contributed by atoms with E-state index in [-0.39, 0.29) is 24.3 Å². The third-order valence-electron chi connectivity index (χ3n) is 5.79. The molecule has 2 aromatic rings. The van der Waals surface area contributed by atoms with E-state index in [9.17, 15) is 14.4 Å². The molecule has 1 aromatic heterocycles. The number of ether oxygens (including phenoxy) is 1. The third kappa shape index (κ3) is 3.91. The van der Waals surface area contributed by atoms with Crippen LogP contribution >= 0.6 is 0 Å². The van der Waals surface area contributed by atoms with Crippen LogP contribution in [0.15, 0.2) is 30.3 Å². The maximum Gasteiger partial charge on any atom is 0.355 e. The first-order chi connectivity index (χ1) is 14.3. The molecule has 1 aromatic carbocycles. The number of carbonyl (C=O) groups is 3. The molecule has 1 atom stereocenters. The highest BCUT2D eigenvalue weighted by atomic mass is 16.5. The first-order valence-electron chi connectivity index (χ1n) is 10.6. The van der Waals surface area contributed by atoms with Gasteiger partial charge in [-0.2, -0.15) is 0 Å². The molecular weight excluding hydrogens is 380 g/mol. The Morgan fingerprint density at radius 3 is 2.30 bits per heavy atom. The van der Waals surface area contributed by atoms with Crippen molar-refractivity contribution in [2.45, 2.75) is 66.1 Å². The monoisotopic (exact) mass is 410 g/mol. The standard InChI is InChI=1S/C24H30N2O4/c1-6-25-16(4)20(15(3)21(25)24(29)30-7-2)22(27)17(5)26(19-13-14-19)23(28)18-11-9-8-10-12-18/h8-12,17,19H,6-7,13-14H2,1-5H3/t17-/m0/s1. The van der Waals surface area contributed by atoms with Crippen LogP contribution in [0.3, 0.4) is 0 Å². The number of benzene rings is 1. The summed E-state index contributed by atoms with van der Waals surface area (Å²) in [5.74, 6) is -0.695. The summed E-state index contributed by atoms with van der Waals surface area (Å²) in [4.78, 5) is 41.0. The second-order valence-corrected chi connectivity index (χ2v) is 7.75. The summed E-state index contributed by atoms with van der Waals surface area (Å²) in [7, 11) is 0. The molecule has 0 unspecified atom stereocenters.